The molecule has 3 heterocycles. The minimum Gasteiger partial charge on any atom is -0.494 e. The van der Waals surface area contributed by atoms with Crippen molar-refractivity contribution in [2.24, 2.45) is 10.2 Å². The van der Waals surface area contributed by atoms with Gasteiger partial charge in [-0.05, 0) is 52.8 Å². The fourth-order valence-electron chi connectivity index (χ4n) is 3.40. The SMILES string of the molecule is Oc1[nH]c2ccccc2c1C=c1cc(C=Cc2ccncc2)c2c(c1)N=NC=2. The van der Waals surface area contributed by atoms with Gasteiger partial charge in [0.1, 0.15) is 0 Å². The van der Waals surface area contributed by atoms with Gasteiger partial charge in [-0.3, -0.25) is 4.98 Å². The molecular weight excluding hydrogens is 348 g/mol. The minimum absolute atomic E-state index is 0.156. The largest absolute Gasteiger partial charge is 0.494 e. The maximum atomic E-state index is 10.4. The van der Waals surface area contributed by atoms with E-state index in [0.29, 0.717) is 0 Å². The number of benzene rings is 2. The van der Waals surface area contributed by atoms with Crippen LogP contribution in [0.4, 0.5) is 5.69 Å². The van der Waals surface area contributed by atoms with Crippen LogP contribution in [0.1, 0.15) is 16.7 Å². The summed E-state index contributed by atoms with van der Waals surface area (Å²) in [5.41, 5.74) is 4.57. The summed E-state index contributed by atoms with van der Waals surface area (Å²) in [7, 11) is 0. The first-order valence-corrected chi connectivity index (χ1v) is 8.92. The zero-order valence-corrected chi connectivity index (χ0v) is 14.9. The summed E-state index contributed by atoms with van der Waals surface area (Å²) in [5, 5.41) is 21.6. The molecule has 0 bridgehead atoms. The molecular formula is C23H16N4O. The Bertz CT molecular complexity index is 1370. The summed E-state index contributed by atoms with van der Waals surface area (Å²) in [4.78, 5) is 7.06. The fourth-order valence-corrected chi connectivity index (χ4v) is 3.40. The topological polar surface area (TPSA) is 73.6 Å². The predicted octanol–water partition coefficient (Wildman–Crippen LogP) is 4.10. The van der Waals surface area contributed by atoms with E-state index in [9.17, 15) is 5.11 Å². The van der Waals surface area contributed by atoms with E-state index < -0.39 is 0 Å². The van der Waals surface area contributed by atoms with Crippen LogP contribution < -0.4 is 10.4 Å². The van der Waals surface area contributed by atoms with Gasteiger partial charge >= 0.3 is 0 Å². The van der Waals surface area contributed by atoms with E-state index in [1.54, 1.807) is 18.6 Å². The standard InChI is InChI=1S/C23H16N4O/c28-23-19(18-3-1-2-4-21(18)26-23)12-16-11-17(20-14-25-27-22(20)13-16)6-5-15-7-9-24-10-8-15/h1-14,26,28H. The van der Waals surface area contributed by atoms with Crippen LogP contribution in [-0.2, 0) is 0 Å². The van der Waals surface area contributed by atoms with Crippen molar-refractivity contribution in [3.8, 4) is 5.88 Å². The average molecular weight is 364 g/mol. The number of nitrogens with zero attached hydrogens (tertiary/aromatic N) is 3. The summed E-state index contributed by atoms with van der Waals surface area (Å²) in [6.07, 6.45) is 11.4. The second kappa shape index (κ2) is 6.63. The number of azo groups is 1. The van der Waals surface area contributed by atoms with Crippen molar-refractivity contribution in [2.75, 3.05) is 0 Å². The number of fused-ring (bicyclic) bond motifs is 2. The zero-order valence-electron chi connectivity index (χ0n) is 14.9. The molecule has 0 atom stereocenters. The lowest BCUT2D eigenvalue weighted by Crippen LogP contribution is -2.11. The smallest absolute Gasteiger partial charge is 0.196 e. The first kappa shape index (κ1) is 16.2. The molecule has 5 rings (SSSR count). The van der Waals surface area contributed by atoms with Crippen molar-refractivity contribution in [3.63, 3.8) is 0 Å². The van der Waals surface area contributed by atoms with Gasteiger partial charge in [0.15, 0.2) is 5.88 Å². The van der Waals surface area contributed by atoms with Crippen molar-refractivity contribution in [1.29, 1.82) is 0 Å². The van der Waals surface area contributed by atoms with Crippen LogP contribution in [0.15, 0.2) is 71.2 Å². The van der Waals surface area contributed by atoms with Crippen molar-refractivity contribution in [2.45, 2.75) is 0 Å². The monoisotopic (exact) mass is 364 g/mol. The Kier molecular flexibility index (Phi) is 3.84. The summed E-state index contributed by atoms with van der Waals surface area (Å²) < 4.78 is 0. The number of pyridine rings is 1. The highest BCUT2D eigenvalue weighted by Crippen LogP contribution is 2.27. The molecule has 0 saturated heterocycles. The third kappa shape index (κ3) is 2.89. The molecule has 2 N–H and O–H groups in total. The van der Waals surface area contributed by atoms with E-state index in [-0.39, 0.29) is 5.88 Å². The van der Waals surface area contributed by atoms with E-state index in [1.807, 2.05) is 60.7 Å². The van der Waals surface area contributed by atoms with Gasteiger partial charge in [0.25, 0.3) is 0 Å². The molecule has 1 aliphatic heterocycles. The van der Waals surface area contributed by atoms with Gasteiger partial charge in [0, 0.05) is 34.1 Å². The van der Waals surface area contributed by atoms with Crippen molar-refractivity contribution in [3.05, 3.63) is 88.1 Å². The average Bonchev–Trinajstić information content (AvgIpc) is 3.32. The molecule has 5 nitrogen and oxygen atoms in total. The molecule has 0 saturated carbocycles. The second-order valence-electron chi connectivity index (χ2n) is 6.58. The first-order valence-electron chi connectivity index (χ1n) is 8.92. The van der Waals surface area contributed by atoms with Crippen LogP contribution >= 0.6 is 0 Å². The van der Waals surface area contributed by atoms with Crippen LogP contribution in [-0.4, -0.2) is 15.1 Å². The Labute approximate surface area is 160 Å². The van der Waals surface area contributed by atoms with E-state index in [1.165, 1.54) is 0 Å². The second-order valence-corrected chi connectivity index (χ2v) is 6.58. The third-order valence-electron chi connectivity index (χ3n) is 4.76. The van der Waals surface area contributed by atoms with Crippen LogP contribution in [0.3, 0.4) is 0 Å². The molecule has 0 aliphatic carbocycles. The summed E-state index contributed by atoms with van der Waals surface area (Å²) in [5.74, 6) is 0.156. The quantitative estimate of drug-likeness (QED) is 0.574. The van der Waals surface area contributed by atoms with Crippen molar-refractivity contribution >= 4 is 41.0 Å². The van der Waals surface area contributed by atoms with Gasteiger partial charge in [-0.2, -0.15) is 10.2 Å². The number of nitrogens with one attached hydrogen (secondary N) is 1. The van der Waals surface area contributed by atoms with Crippen LogP contribution in [0.5, 0.6) is 5.88 Å². The molecule has 0 radical (unpaired) electrons. The normalized spacial score (nSPS) is 13.4. The lowest BCUT2D eigenvalue weighted by Gasteiger charge is -1.99. The number of aromatic nitrogens is 2. The molecule has 5 heteroatoms. The number of hydrogen-bond acceptors (Lipinski definition) is 4. The third-order valence-corrected chi connectivity index (χ3v) is 4.76. The predicted molar refractivity (Wildman–Crippen MR) is 111 cm³/mol. The van der Waals surface area contributed by atoms with Gasteiger partial charge in [-0.1, -0.05) is 30.4 Å². The van der Waals surface area contributed by atoms with Gasteiger partial charge in [0.05, 0.1) is 11.9 Å². The number of aromatic amines is 1. The lowest BCUT2D eigenvalue weighted by molar-refractivity contribution is 0.457. The fraction of sp³-hybridized carbons (Fsp3) is 0. The minimum atomic E-state index is 0.156. The molecule has 0 fully saturated rings. The first-order chi connectivity index (χ1) is 13.8. The van der Waals surface area contributed by atoms with E-state index in [0.717, 1.165) is 43.7 Å². The maximum Gasteiger partial charge on any atom is 0.196 e. The Morgan fingerprint density at radius 3 is 2.71 bits per heavy atom. The maximum absolute atomic E-state index is 10.4. The zero-order chi connectivity index (χ0) is 18.9. The molecule has 0 spiro atoms. The highest BCUT2D eigenvalue weighted by atomic mass is 16.3. The molecule has 28 heavy (non-hydrogen) atoms. The Morgan fingerprint density at radius 1 is 0.964 bits per heavy atom. The Balaban J connectivity index is 1.66. The number of rotatable bonds is 3. The lowest BCUT2D eigenvalue weighted by atomic mass is 10.1. The van der Waals surface area contributed by atoms with E-state index in [2.05, 4.69) is 26.3 Å². The Morgan fingerprint density at radius 2 is 1.82 bits per heavy atom. The van der Waals surface area contributed by atoms with E-state index >= 15 is 0 Å². The highest BCUT2D eigenvalue weighted by Gasteiger charge is 2.09. The van der Waals surface area contributed by atoms with Gasteiger partial charge in [-0.25, -0.2) is 0 Å². The molecule has 2 aromatic carbocycles. The van der Waals surface area contributed by atoms with E-state index in [4.69, 9.17) is 0 Å². The molecule has 134 valence electrons. The number of para-hydroxylation sites is 1. The molecule has 4 aromatic rings. The van der Waals surface area contributed by atoms with Crippen molar-refractivity contribution in [1.82, 2.24) is 9.97 Å². The number of aromatic hydroxyl groups is 1. The highest BCUT2D eigenvalue weighted by molar-refractivity contribution is 5.91. The van der Waals surface area contributed by atoms with Crippen molar-refractivity contribution < 1.29 is 5.11 Å². The van der Waals surface area contributed by atoms with Gasteiger partial charge in [-0.15, -0.1) is 0 Å². The molecule has 0 unspecified atom stereocenters. The number of hydrogen-bond donors (Lipinski definition) is 2. The van der Waals surface area contributed by atoms with Gasteiger partial charge in [0.2, 0.25) is 0 Å². The molecule has 1 aliphatic rings. The molecule has 0 amide bonds. The van der Waals surface area contributed by atoms with Crippen LogP contribution in [0, 0.1) is 0 Å². The van der Waals surface area contributed by atoms with Gasteiger partial charge < -0.3 is 10.1 Å². The summed E-state index contributed by atoms with van der Waals surface area (Å²) in [6.45, 7) is 0. The van der Waals surface area contributed by atoms with Crippen LogP contribution in [0.2, 0.25) is 0 Å². The Hall–Kier alpha value is -3.99. The molecule has 2 aromatic heterocycles. The summed E-state index contributed by atoms with van der Waals surface area (Å²) in [6, 6.07) is 15.8. The summed E-state index contributed by atoms with van der Waals surface area (Å²) >= 11 is 0. The number of H-pyrrole nitrogens is 1. The van der Waals surface area contributed by atoms with Crippen LogP contribution in [0.25, 0.3) is 35.3 Å².